The van der Waals surface area contributed by atoms with Crippen molar-refractivity contribution in [3.8, 4) is 0 Å². The smallest absolute Gasteiger partial charge is 0.171 e. The van der Waals surface area contributed by atoms with Gasteiger partial charge in [0.1, 0.15) is 0 Å². The third-order valence-electron chi connectivity index (χ3n) is 1.35. The number of halogens is 9. The SMILES string of the molecule is FC(F)(F)C[C](CC(F)(F)F)CC(F)(F)F. The minimum atomic E-state index is -5.08. The summed E-state index contributed by atoms with van der Waals surface area (Å²) in [5.74, 6) is -1.63. The van der Waals surface area contributed by atoms with Gasteiger partial charge in [0, 0.05) is 5.92 Å². The first-order valence-electron chi connectivity index (χ1n) is 3.82. The Balaban J connectivity index is 4.53. The van der Waals surface area contributed by atoms with Crippen molar-refractivity contribution in [1.82, 2.24) is 0 Å². The Morgan fingerprint density at radius 2 is 0.688 bits per heavy atom. The molecule has 0 unspecified atom stereocenters. The van der Waals surface area contributed by atoms with Crippen LogP contribution in [-0.2, 0) is 0 Å². The molecule has 0 aliphatic heterocycles. The highest BCUT2D eigenvalue weighted by atomic mass is 19.4. The van der Waals surface area contributed by atoms with E-state index in [1.54, 1.807) is 0 Å². The quantitative estimate of drug-likeness (QED) is 0.660. The highest BCUT2D eigenvalue weighted by Gasteiger charge is 2.43. The fourth-order valence-corrected chi connectivity index (χ4v) is 1.04. The van der Waals surface area contributed by atoms with Gasteiger partial charge in [-0.1, -0.05) is 0 Å². The van der Waals surface area contributed by atoms with Crippen LogP contribution in [0.3, 0.4) is 0 Å². The monoisotopic (exact) mass is 261 g/mol. The Morgan fingerprint density at radius 3 is 0.812 bits per heavy atom. The maximum atomic E-state index is 11.7. The largest absolute Gasteiger partial charge is 0.389 e. The summed E-state index contributed by atoms with van der Waals surface area (Å²) in [6.45, 7) is 0. The molecule has 0 aromatic heterocycles. The van der Waals surface area contributed by atoms with E-state index in [2.05, 4.69) is 0 Å². The van der Waals surface area contributed by atoms with E-state index in [4.69, 9.17) is 0 Å². The van der Waals surface area contributed by atoms with Crippen LogP contribution < -0.4 is 0 Å². The minimum Gasteiger partial charge on any atom is -0.171 e. The third-order valence-corrected chi connectivity index (χ3v) is 1.35. The predicted molar refractivity (Wildman–Crippen MR) is 35.3 cm³/mol. The topological polar surface area (TPSA) is 0 Å². The van der Waals surface area contributed by atoms with Gasteiger partial charge in [-0.15, -0.1) is 0 Å². The second kappa shape index (κ2) is 4.70. The highest BCUT2D eigenvalue weighted by Crippen LogP contribution is 2.40. The average Bonchev–Trinajstić information content (AvgIpc) is 1.70. The molecule has 0 aromatic rings. The molecule has 0 spiro atoms. The maximum Gasteiger partial charge on any atom is 0.389 e. The van der Waals surface area contributed by atoms with Gasteiger partial charge in [-0.05, 0) is 0 Å². The molecule has 0 N–H and O–H groups in total. The standard InChI is InChI=1S/C7H6F9/c8-5(9,10)1-4(2-6(11,12)13)3-7(14,15)16/h1-3H2. The van der Waals surface area contributed by atoms with Crippen LogP contribution >= 0.6 is 0 Å². The van der Waals surface area contributed by atoms with Gasteiger partial charge in [-0.2, -0.15) is 39.5 Å². The van der Waals surface area contributed by atoms with E-state index in [9.17, 15) is 39.5 Å². The van der Waals surface area contributed by atoms with E-state index in [1.165, 1.54) is 0 Å². The molecular weight excluding hydrogens is 255 g/mol. The molecule has 0 rings (SSSR count). The molecule has 0 fully saturated rings. The van der Waals surface area contributed by atoms with Crippen molar-refractivity contribution in [3.05, 3.63) is 5.92 Å². The van der Waals surface area contributed by atoms with Crippen LogP contribution in [0.5, 0.6) is 0 Å². The Kier molecular flexibility index (Phi) is 4.52. The fourth-order valence-electron chi connectivity index (χ4n) is 1.04. The van der Waals surface area contributed by atoms with Gasteiger partial charge in [0.2, 0.25) is 0 Å². The lowest BCUT2D eigenvalue weighted by molar-refractivity contribution is -0.167. The maximum absolute atomic E-state index is 11.7. The molecule has 0 bridgehead atoms. The average molecular weight is 261 g/mol. The molecule has 0 saturated heterocycles. The summed E-state index contributed by atoms with van der Waals surface area (Å²) in [5, 5.41) is 0. The zero-order valence-electron chi connectivity index (χ0n) is 7.52. The van der Waals surface area contributed by atoms with Crippen molar-refractivity contribution in [2.75, 3.05) is 0 Å². The molecule has 0 aromatic carbocycles. The molecule has 0 saturated carbocycles. The molecule has 0 aliphatic rings. The first-order chi connectivity index (χ1) is 6.79. The molecule has 0 atom stereocenters. The number of rotatable bonds is 3. The minimum absolute atomic E-state index is 1.63. The lowest BCUT2D eigenvalue weighted by Gasteiger charge is -2.20. The van der Waals surface area contributed by atoms with E-state index >= 15 is 0 Å². The summed E-state index contributed by atoms with van der Waals surface area (Å²) in [6.07, 6.45) is -21.8. The number of hydrogen-bond donors (Lipinski definition) is 0. The molecular formula is C7H6F9. The predicted octanol–water partition coefficient (Wildman–Crippen LogP) is 4.42. The van der Waals surface area contributed by atoms with Gasteiger partial charge in [-0.3, -0.25) is 0 Å². The van der Waals surface area contributed by atoms with Gasteiger partial charge in [-0.25, -0.2) is 0 Å². The van der Waals surface area contributed by atoms with Crippen LogP contribution in [0.1, 0.15) is 19.3 Å². The molecule has 0 amide bonds. The van der Waals surface area contributed by atoms with Crippen LogP contribution in [0.15, 0.2) is 0 Å². The van der Waals surface area contributed by atoms with E-state index in [0.717, 1.165) is 0 Å². The fraction of sp³-hybridized carbons (Fsp3) is 0.857. The van der Waals surface area contributed by atoms with Crippen molar-refractivity contribution in [3.63, 3.8) is 0 Å². The summed E-state index contributed by atoms with van der Waals surface area (Å²) in [6, 6.07) is 0. The van der Waals surface area contributed by atoms with Gasteiger partial charge in [0.05, 0.1) is 19.3 Å². The first kappa shape index (κ1) is 15.4. The van der Waals surface area contributed by atoms with Crippen molar-refractivity contribution >= 4 is 0 Å². The van der Waals surface area contributed by atoms with E-state index < -0.39 is 43.7 Å². The van der Waals surface area contributed by atoms with E-state index in [1.807, 2.05) is 0 Å². The van der Waals surface area contributed by atoms with Crippen LogP contribution in [-0.4, -0.2) is 18.5 Å². The van der Waals surface area contributed by atoms with Crippen molar-refractivity contribution in [1.29, 1.82) is 0 Å². The molecule has 9 heteroatoms. The Labute approximate surface area is 84.4 Å². The first-order valence-corrected chi connectivity index (χ1v) is 3.82. The number of hydrogen-bond acceptors (Lipinski definition) is 0. The van der Waals surface area contributed by atoms with Crippen molar-refractivity contribution < 1.29 is 39.5 Å². The Hall–Kier alpha value is -0.630. The van der Waals surface area contributed by atoms with Crippen LogP contribution in [0, 0.1) is 5.92 Å². The Bertz CT molecular complexity index is 169. The molecule has 0 aliphatic carbocycles. The van der Waals surface area contributed by atoms with Crippen LogP contribution in [0.4, 0.5) is 39.5 Å². The lowest BCUT2D eigenvalue weighted by Crippen LogP contribution is -2.24. The molecule has 97 valence electrons. The molecule has 0 heterocycles. The highest BCUT2D eigenvalue weighted by molar-refractivity contribution is 4.96. The third kappa shape index (κ3) is 9.91. The van der Waals surface area contributed by atoms with Gasteiger partial charge in [0.25, 0.3) is 0 Å². The summed E-state index contributed by atoms with van der Waals surface area (Å²) in [4.78, 5) is 0. The van der Waals surface area contributed by atoms with Crippen LogP contribution in [0.25, 0.3) is 0 Å². The number of alkyl halides is 9. The second-order valence-corrected chi connectivity index (χ2v) is 3.13. The van der Waals surface area contributed by atoms with Crippen LogP contribution in [0.2, 0.25) is 0 Å². The zero-order valence-corrected chi connectivity index (χ0v) is 7.52. The Morgan fingerprint density at radius 1 is 0.500 bits per heavy atom. The van der Waals surface area contributed by atoms with Gasteiger partial charge >= 0.3 is 18.5 Å². The molecule has 1 radical (unpaired) electrons. The van der Waals surface area contributed by atoms with Gasteiger partial charge in [0.15, 0.2) is 0 Å². The summed E-state index contributed by atoms with van der Waals surface area (Å²) in [5.41, 5.74) is 0. The normalized spacial score (nSPS) is 14.6. The second-order valence-electron chi connectivity index (χ2n) is 3.13. The van der Waals surface area contributed by atoms with E-state index in [-0.39, 0.29) is 0 Å². The summed E-state index contributed by atoms with van der Waals surface area (Å²) < 4.78 is 105. The summed E-state index contributed by atoms with van der Waals surface area (Å²) in [7, 11) is 0. The lowest BCUT2D eigenvalue weighted by atomic mass is 9.96. The van der Waals surface area contributed by atoms with Gasteiger partial charge < -0.3 is 0 Å². The van der Waals surface area contributed by atoms with Crippen molar-refractivity contribution in [2.45, 2.75) is 37.8 Å². The molecule has 0 nitrogen and oxygen atoms in total. The zero-order chi connectivity index (χ0) is 13.2. The van der Waals surface area contributed by atoms with E-state index in [0.29, 0.717) is 0 Å². The van der Waals surface area contributed by atoms with Crippen molar-refractivity contribution in [2.24, 2.45) is 0 Å². The summed E-state index contributed by atoms with van der Waals surface area (Å²) >= 11 is 0. The molecule has 16 heavy (non-hydrogen) atoms.